The zero-order chi connectivity index (χ0) is 19.4. The Morgan fingerprint density at radius 2 is 1.96 bits per heavy atom. The predicted octanol–water partition coefficient (Wildman–Crippen LogP) is 3.94. The first kappa shape index (κ1) is 18.1. The van der Waals surface area contributed by atoms with E-state index in [2.05, 4.69) is 22.5 Å². The summed E-state index contributed by atoms with van der Waals surface area (Å²) in [4.78, 5) is 10.4. The number of nitrogens with zero attached hydrogens (tertiary/aromatic N) is 4. The highest BCUT2D eigenvalue weighted by Crippen LogP contribution is 2.23. The summed E-state index contributed by atoms with van der Waals surface area (Å²) in [6.07, 6.45) is 0. The van der Waals surface area contributed by atoms with Crippen LogP contribution in [0.4, 0.5) is 11.4 Å². The van der Waals surface area contributed by atoms with Gasteiger partial charge in [-0.15, -0.1) is 0 Å². The van der Waals surface area contributed by atoms with Crippen molar-refractivity contribution in [1.29, 1.82) is 5.26 Å². The lowest BCUT2D eigenvalue weighted by atomic mass is 10.1. The molecule has 0 aliphatic rings. The van der Waals surface area contributed by atoms with Gasteiger partial charge in [-0.3, -0.25) is 14.8 Å². The van der Waals surface area contributed by atoms with E-state index in [9.17, 15) is 15.4 Å². The number of nitriles is 1. The number of nitrogens with one attached hydrogen (secondary N) is 1. The second-order valence-electron chi connectivity index (χ2n) is 6.24. The lowest BCUT2D eigenvalue weighted by Gasteiger charge is -2.09. The van der Waals surface area contributed by atoms with Gasteiger partial charge in [0.25, 0.3) is 5.69 Å². The Morgan fingerprint density at radius 1 is 1.22 bits per heavy atom. The molecule has 1 aromatic heterocycles. The predicted molar refractivity (Wildman–Crippen MR) is 102 cm³/mol. The minimum absolute atomic E-state index is 0.0971. The molecule has 3 aromatic rings. The van der Waals surface area contributed by atoms with Crippen LogP contribution in [-0.2, 0) is 13.1 Å². The van der Waals surface area contributed by atoms with Crippen molar-refractivity contribution in [2.75, 3.05) is 5.32 Å². The summed E-state index contributed by atoms with van der Waals surface area (Å²) in [7, 11) is 0. The van der Waals surface area contributed by atoms with Crippen LogP contribution >= 0.6 is 0 Å². The number of hydrogen-bond donors (Lipinski definition) is 1. The molecule has 2 aromatic carbocycles. The van der Waals surface area contributed by atoms with Crippen molar-refractivity contribution in [1.82, 2.24) is 9.78 Å². The van der Waals surface area contributed by atoms with Gasteiger partial charge in [-0.1, -0.05) is 30.3 Å². The number of non-ortho nitro benzene ring substituents is 1. The molecule has 7 heteroatoms. The van der Waals surface area contributed by atoms with Crippen LogP contribution < -0.4 is 5.32 Å². The third-order valence-corrected chi connectivity index (χ3v) is 4.50. The Balaban J connectivity index is 1.79. The van der Waals surface area contributed by atoms with Crippen molar-refractivity contribution >= 4 is 11.4 Å². The molecule has 7 nitrogen and oxygen atoms in total. The second-order valence-corrected chi connectivity index (χ2v) is 6.24. The lowest BCUT2D eigenvalue weighted by molar-refractivity contribution is -0.384. The van der Waals surface area contributed by atoms with Gasteiger partial charge in [0.05, 0.1) is 28.4 Å². The van der Waals surface area contributed by atoms with Gasteiger partial charge in [-0.25, -0.2) is 0 Å². The van der Waals surface area contributed by atoms with Crippen molar-refractivity contribution in [3.63, 3.8) is 0 Å². The third-order valence-electron chi connectivity index (χ3n) is 4.50. The average Bonchev–Trinajstić information content (AvgIpc) is 2.93. The van der Waals surface area contributed by atoms with E-state index in [4.69, 9.17) is 0 Å². The van der Waals surface area contributed by atoms with Crippen molar-refractivity contribution < 1.29 is 4.92 Å². The molecule has 27 heavy (non-hydrogen) atoms. The van der Waals surface area contributed by atoms with Crippen LogP contribution in [0.2, 0.25) is 0 Å². The first-order valence-corrected chi connectivity index (χ1v) is 8.49. The molecular weight excluding hydrogens is 342 g/mol. The SMILES string of the molecule is Cc1nn(Cc2ccccc2)c(C)c1CNc1ccc([N+](=O)[O-])cc1C#N. The van der Waals surface area contributed by atoms with Gasteiger partial charge < -0.3 is 5.32 Å². The highest BCUT2D eigenvalue weighted by Gasteiger charge is 2.14. The lowest BCUT2D eigenvalue weighted by Crippen LogP contribution is -2.06. The highest BCUT2D eigenvalue weighted by molar-refractivity contribution is 5.61. The van der Waals surface area contributed by atoms with Gasteiger partial charge in [-0.05, 0) is 25.5 Å². The van der Waals surface area contributed by atoms with Crippen molar-refractivity contribution in [2.45, 2.75) is 26.9 Å². The molecule has 0 saturated heterocycles. The Labute approximate surface area is 157 Å². The smallest absolute Gasteiger partial charge is 0.270 e. The largest absolute Gasteiger partial charge is 0.380 e. The summed E-state index contributed by atoms with van der Waals surface area (Å²) in [5.74, 6) is 0. The van der Waals surface area contributed by atoms with Gasteiger partial charge >= 0.3 is 0 Å². The molecule has 3 rings (SSSR count). The highest BCUT2D eigenvalue weighted by atomic mass is 16.6. The molecule has 0 amide bonds. The van der Waals surface area contributed by atoms with E-state index in [0.29, 0.717) is 18.8 Å². The van der Waals surface area contributed by atoms with E-state index in [1.54, 1.807) is 6.07 Å². The summed E-state index contributed by atoms with van der Waals surface area (Å²) >= 11 is 0. The molecule has 0 atom stereocenters. The van der Waals surface area contributed by atoms with E-state index < -0.39 is 4.92 Å². The number of aromatic nitrogens is 2. The quantitative estimate of drug-likeness (QED) is 0.530. The Hall–Kier alpha value is -3.66. The Bertz CT molecular complexity index is 1020. The zero-order valence-corrected chi connectivity index (χ0v) is 15.1. The monoisotopic (exact) mass is 361 g/mol. The fourth-order valence-electron chi connectivity index (χ4n) is 2.98. The molecule has 0 aliphatic carbocycles. The number of hydrogen-bond acceptors (Lipinski definition) is 5. The van der Waals surface area contributed by atoms with E-state index in [1.165, 1.54) is 17.7 Å². The minimum Gasteiger partial charge on any atom is -0.380 e. The maximum atomic E-state index is 10.9. The topological polar surface area (TPSA) is 96.8 Å². The van der Waals surface area contributed by atoms with Crippen molar-refractivity contribution in [3.8, 4) is 6.07 Å². The molecular formula is C20H19N5O2. The molecule has 0 radical (unpaired) electrons. The molecule has 0 saturated carbocycles. The van der Waals surface area contributed by atoms with Crippen LogP contribution in [0, 0.1) is 35.3 Å². The molecule has 0 fully saturated rings. The molecule has 0 spiro atoms. The molecule has 0 unspecified atom stereocenters. The molecule has 0 bridgehead atoms. The zero-order valence-electron chi connectivity index (χ0n) is 15.1. The van der Waals surface area contributed by atoms with Gasteiger partial charge in [0.15, 0.2) is 0 Å². The maximum Gasteiger partial charge on any atom is 0.270 e. The number of nitro groups is 1. The molecule has 1 N–H and O–H groups in total. The second kappa shape index (κ2) is 7.70. The van der Waals surface area contributed by atoms with E-state index in [1.807, 2.05) is 42.8 Å². The number of benzene rings is 2. The standard InChI is InChI=1S/C20H19N5O2/c1-14-19(15(2)24(23-14)13-16-6-4-3-5-7-16)12-22-20-9-8-18(25(26)27)10-17(20)11-21/h3-10,22H,12-13H2,1-2H3. The summed E-state index contributed by atoms with van der Waals surface area (Å²) in [6, 6.07) is 16.3. The first-order valence-electron chi connectivity index (χ1n) is 8.49. The average molecular weight is 361 g/mol. The summed E-state index contributed by atoms with van der Waals surface area (Å²) < 4.78 is 1.96. The Morgan fingerprint density at radius 3 is 2.63 bits per heavy atom. The van der Waals surface area contributed by atoms with Crippen LogP contribution in [0.15, 0.2) is 48.5 Å². The minimum atomic E-state index is -0.507. The number of aryl methyl sites for hydroxylation is 1. The number of rotatable bonds is 6. The van der Waals surface area contributed by atoms with Crippen LogP contribution in [0.25, 0.3) is 0 Å². The van der Waals surface area contributed by atoms with Gasteiger partial charge in [-0.2, -0.15) is 10.4 Å². The molecule has 136 valence electrons. The fourth-order valence-corrected chi connectivity index (χ4v) is 2.98. The fraction of sp³-hybridized carbons (Fsp3) is 0.200. The van der Waals surface area contributed by atoms with Gasteiger partial charge in [0.1, 0.15) is 6.07 Å². The Kier molecular flexibility index (Phi) is 5.18. The maximum absolute atomic E-state index is 10.9. The van der Waals surface area contributed by atoms with Crippen LogP contribution in [-0.4, -0.2) is 14.7 Å². The molecule has 0 aliphatic heterocycles. The molecule has 1 heterocycles. The normalized spacial score (nSPS) is 10.4. The number of anilines is 1. The van der Waals surface area contributed by atoms with E-state index in [-0.39, 0.29) is 11.3 Å². The summed E-state index contributed by atoms with van der Waals surface area (Å²) in [6.45, 7) is 5.14. The van der Waals surface area contributed by atoms with Crippen molar-refractivity contribution in [3.05, 3.63) is 86.7 Å². The van der Waals surface area contributed by atoms with Gasteiger partial charge in [0, 0.05) is 29.9 Å². The van der Waals surface area contributed by atoms with Crippen LogP contribution in [0.3, 0.4) is 0 Å². The number of nitro benzene ring substituents is 1. The first-order chi connectivity index (χ1) is 13.0. The summed E-state index contributed by atoms with van der Waals surface area (Å²) in [5, 5.41) is 28.0. The summed E-state index contributed by atoms with van der Waals surface area (Å²) in [5.41, 5.74) is 4.90. The van der Waals surface area contributed by atoms with Crippen molar-refractivity contribution in [2.24, 2.45) is 0 Å². The van der Waals surface area contributed by atoms with Crippen LogP contribution in [0.1, 0.15) is 28.1 Å². The third kappa shape index (κ3) is 3.96. The van der Waals surface area contributed by atoms with E-state index >= 15 is 0 Å². The van der Waals surface area contributed by atoms with Crippen LogP contribution in [0.5, 0.6) is 0 Å². The van der Waals surface area contributed by atoms with Gasteiger partial charge in [0.2, 0.25) is 0 Å². The van der Waals surface area contributed by atoms with E-state index in [0.717, 1.165) is 17.0 Å².